The number of aromatic nitrogens is 1. The van der Waals surface area contributed by atoms with Gasteiger partial charge in [-0.3, -0.25) is 9.78 Å². The summed E-state index contributed by atoms with van der Waals surface area (Å²) >= 11 is 1.21. The molecule has 0 unspecified atom stereocenters. The molecular weight excluding hydrogens is 486 g/mol. The van der Waals surface area contributed by atoms with Crippen molar-refractivity contribution in [2.24, 2.45) is 0 Å². The Hall–Kier alpha value is -3.86. The van der Waals surface area contributed by atoms with Crippen molar-refractivity contribution >= 4 is 39.5 Å². The number of hydrogen-bond donors (Lipinski definition) is 1. The second kappa shape index (κ2) is 8.42. The molecule has 1 N–H and O–H groups in total. The number of amides is 1. The quantitative estimate of drug-likeness (QED) is 0.332. The largest absolute Gasteiger partial charge is 0.507 e. The zero-order valence-corrected chi connectivity index (χ0v) is 18.9. The van der Waals surface area contributed by atoms with E-state index in [1.54, 1.807) is 17.6 Å². The van der Waals surface area contributed by atoms with Gasteiger partial charge < -0.3 is 19.7 Å². The molecule has 0 saturated carbocycles. The number of halogens is 4. The van der Waals surface area contributed by atoms with Crippen LogP contribution in [0.3, 0.4) is 0 Å². The van der Waals surface area contributed by atoms with Gasteiger partial charge in [-0.25, -0.2) is 0 Å². The molecule has 5 rings (SSSR count). The fourth-order valence-electron chi connectivity index (χ4n) is 3.65. The highest BCUT2D eigenvalue weighted by atomic mass is 32.1. The normalized spacial score (nSPS) is 15.6. The van der Waals surface area contributed by atoms with Gasteiger partial charge in [0.15, 0.2) is 11.5 Å². The predicted molar refractivity (Wildman–Crippen MR) is 124 cm³/mol. The first kappa shape index (κ1) is 22.9. The molecule has 4 aromatic rings. The van der Waals surface area contributed by atoms with Gasteiger partial charge >= 0.3 is 12.2 Å². The summed E-state index contributed by atoms with van der Waals surface area (Å²) in [5, 5.41) is 6.00. The van der Waals surface area contributed by atoms with E-state index in [1.165, 1.54) is 29.4 Å². The molecule has 6 nitrogen and oxygen atoms in total. The van der Waals surface area contributed by atoms with Crippen LogP contribution in [0.25, 0.3) is 10.9 Å². The summed E-state index contributed by atoms with van der Waals surface area (Å²) in [7, 11) is 1.44. The minimum absolute atomic E-state index is 0.165. The third-order valence-electron chi connectivity index (χ3n) is 5.50. The van der Waals surface area contributed by atoms with Gasteiger partial charge in [0.1, 0.15) is 4.88 Å². The number of nitrogens with one attached hydrogen (secondary N) is 1. The summed E-state index contributed by atoms with van der Waals surface area (Å²) in [6.07, 6.45) is -7.93. The lowest BCUT2D eigenvalue weighted by molar-refractivity contribution is -0.391. The molecule has 0 radical (unpaired) electrons. The monoisotopic (exact) mass is 503 g/mol. The fraction of sp³-hybridized carbons (Fsp3) is 0.167. The van der Waals surface area contributed by atoms with Crippen LogP contribution in [0.4, 0.5) is 28.9 Å². The summed E-state index contributed by atoms with van der Waals surface area (Å²) in [4.78, 5) is 19.1. The molecule has 2 aromatic carbocycles. The molecule has 0 atom stereocenters. The standard InChI is InChI=1S/C24H17F4N3O3S/c1-31(15-6-7-19-20(12-15)34-24(27,28)23(25,26)33-19)22(32)21-18(9-11-35-21)30-13-14-8-10-29-17-5-3-2-4-16(14)17/h2-12,30H,13H2,1H3. The van der Waals surface area contributed by atoms with Gasteiger partial charge in [0, 0.05) is 36.9 Å². The number of fused-ring (bicyclic) bond motifs is 2. The van der Waals surface area contributed by atoms with Crippen LogP contribution in [0.1, 0.15) is 15.2 Å². The van der Waals surface area contributed by atoms with Crippen molar-refractivity contribution in [3.63, 3.8) is 0 Å². The van der Waals surface area contributed by atoms with E-state index in [4.69, 9.17) is 0 Å². The number of alkyl halides is 4. The molecule has 0 saturated heterocycles. The number of anilines is 2. The molecule has 0 bridgehead atoms. The number of pyridine rings is 1. The van der Waals surface area contributed by atoms with Crippen LogP contribution >= 0.6 is 11.3 Å². The van der Waals surface area contributed by atoms with Crippen molar-refractivity contribution in [1.29, 1.82) is 0 Å². The van der Waals surface area contributed by atoms with Crippen molar-refractivity contribution in [2.75, 3.05) is 17.3 Å². The zero-order valence-electron chi connectivity index (χ0n) is 18.1. The molecule has 180 valence electrons. The number of carbonyl (C=O) groups is 1. The summed E-state index contributed by atoms with van der Waals surface area (Å²) < 4.78 is 62.2. The van der Waals surface area contributed by atoms with E-state index in [9.17, 15) is 22.4 Å². The maximum absolute atomic E-state index is 13.6. The summed E-state index contributed by atoms with van der Waals surface area (Å²) in [5.41, 5.74) is 2.61. The van der Waals surface area contributed by atoms with Gasteiger partial charge in [-0.1, -0.05) is 18.2 Å². The Labute approximate surface area is 200 Å². The third-order valence-corrected chi connectivity index (χ3v) is 6.40. The van der Waals surface area contributed by atoms with Crippen molar-refractivity contribution in [2.45, 2.75) is 18.8 Å². The first-order valence-corrected chi connectivity index (χ1v) is 11.2. The van der Waals surface area contributed by atoms with E-state index in [2.05, 4.69) is 19.8 Å². The van der Waals surface area contributed by atoms with Gasteiger partial charge in [-0.05, 0) is 41.3 Å². The van der Waals surface area contributed by atoms with Crippen molar-refractivity contribution in [1.82, 2.24) is 4.98 Å². The lowest BCUT2D eigenvalue weighted by atomic mass is 10.1. The Morgan fingerprint density at radius 2 is 1.77 bits per heavy atom. The van der Waals surface area contributed by atoms with E-state index < -0.39 is 29.6 Å². The Morgan fingerprint density at radius 3 is 2.57 bits per heavy atom. The van der Waals surface area contributed by atoms with Crippen molar-refractivity contribution in [3.8, 4) is 11.5 Å². The molecular formula is C24H17F4N3O3S. The maximum Gasteiger partial charge on any atom is 0.507 e. The molecule has 1 aliphatic heterocycles. The Balaban J connectivity index is 1.35. The van der Waals surface area contributed by atoms with Gasteiger partial charge in [-0.2, -0.15) is 17.6 Å². The van der Waals surface area contributed by atoms with Crippen molar-refractivity contribution in [3.05, 3.63) is 76.6 Å². The van der Waals surface area contributed by atoms with E-state index in [-0.39, 0.29) is 5.69 Å². The molecule has 2 aromatic heterocycles. The van der Waals surface area contributed by atoms with Crippen LogP contribution < -0.4 is 19.7 Å². The fourth-order valence-corrected chi connectivity index (χ4v) is 4.49. The average molecular weight is 503 g/mol. The molecule has 1 amide bonds. The van der Waals surface area contributed by atoms with E-state index in [1.807, 2.05) is 30.3 Å². The van der Waals surface area contributed by atoms with Gasteiger partial charge in [0.05, 0.1) is 11.2 Å². The van der Waals surface area contributed by atoms with Gasteiger partial charge in [-0.15, -0.1) is 11.3 Å². The molecule has 0 fully saturated rings. The predicted octanol–water partition coefficient (Wildman–Crippen LogP) is 6.14. The number of hydrogen-bond acceptors (Lipinski definition) is 6. The number of benzene rings is 2. The number of rotatable bonds is 5. The van der Waals surface area contributed by atoms with Crippen molar-refractivity contribution < 1.29 is 31.8 Å². The molecule has 0 aliphatic carbocycles. The van der Waals surface area contributed by atoms with Gasteiger partial charge in [0.2, 0.25) is 0 Å². The second-order valence-electron chi connectivity index (χ2n) is 7.74. The molecule has 35 heavy (non-hydrogen) atoms. The highest BCUT2D eigenvalue weighted by Gasteiger charge is 2.66. The number of ether oxygens (including phenoxy) is 2. The van der Waals surface area contributed by atoms with E-state index in [0.717, 1.165) is 28.6 Å². The average Bonchev–Trinajstić information content (AvgIpc) is 3.30. The second-order valence-corrected chi connectivity index (χ2v) is 8.65. The van der Waals surface area contributed by atoms with Crippen LogP contribution in [0.2, 0.25) is 0 Å². The van der Waals surface area contributed by atoms with Crippen LogP contribution in [0.15, 0.2) is 66.2 Å². The van der Waals surface area contributed by atoms with Crippen LogP contribution in [-0.4, -0.2) is 30.2 Å². The lowest BCUT2D eigenvalue weighted by Crippen LogP contribution is -2.52. The maximum atomic E-state index is 13.6. The summed E-state index contributed by atoms with van der Waals surface area (Å²) in [5.74, 6) is -1.56. The minimum atomic E-state index is -4.84. The lowest BCUT2D eigenvalue weighted by Gasteiger charge is -2.32. The Kier molecular flexibility index (Phi) is 5.51. The molecule has 3 heterocycles. The molecule has 11 heteroatoms. The van der Waals surface area contributed by atoms with Crippen LogP contribution in [0, 0.1) is 0 Å². The van der Waals surface area contributed by atoms with Gasteiger partial charge in [0.25, 0.3) is 5.91 Å². The SMILES string of the molecule is CN(C(=O)c1sccc1NCc1ccnc2ccccc12)c1ccc2c(c1)OC(F)(F)C(F)(F)O2. The number of nitrogens with zero attached hydrogens (tertiary/aromatic N) is 2. The first-order chi connectivity index (χ1) is 16.7. The topological polar surface area (TPSA) is 63.7 Å². The number of thiophene rings is 1. The number of para-hydroxylation sites is 1. The van der Waals surface area contributed by atoms with Crippen LogP contribution in [-0.2, 0) is 6.54 Å². The Morgan fingerprint density at radius 1 is 1.03 bits per heavy atom. The zero-order chi connectivity index (χ0) is 24.8. The molecule has 0 spiro atoms. The minimum Gasteiger partial charge on any atom is -0.421 e. The summed E-state index contributed by atoms with van der Waals surface area (Å²) in [6, 6.07) is 14.8. The first-order valence-electron chi connectivity index (χ1n) is 10.4. The van der Waals surface area contributed by atoms with E-state index in [0.29, 0.717) is 17.1 Å². The van der Waals surface area contributed by atoms with Crippen LogP contribution in [0.5, 0.6) is 11.5 Å². The Bertz CT molecular complexity index is 1420. The molecule has 1 aliphatic rings. The highest BCUT2D eigenvalue weighted by Crippen LogP contribution is 2.48. The highest BCUT2D eigenvalue weighted by molar-refractivity contribution is 7.12. The van der Waals surface area contributed by atoms with E-state index >= 15 is 0 Å². The third kappa shape index (κ3) is 4.12. The smallest absolute Gasteiger partial charge is 0.421 e. The summed E-state index contributed by atoms with van der Waals surface area (Å²) in [6.45, 7) is 0.442. The number of carbonyl (C=O) groups excluding carboxylic acids is 1.